The smallest absolute Gasteiger partial charge is 0.251 e. The van der Waals surface area contributed by atoms with E-state index in [1.165, 1.54) is 0 Å². The van der Waals surface area contributed by atoms with Crippen LogP contribution in [0.4, 0.5) is 5.82 Å². The molecule has 0 radical (unpaired) electrons. The number of nitrogens with one attached hydrogen (secondary N) is 2. The molecule has 3 rings (SSSR count). The van der Waals surface area contributed by atoms with E-state index in [-0.39, 0.29) is 5.91 Å². The quantitative estimate of drug-likeness (QED) is 0.674. The Bertz CT molecular complexity index is 843. The van der Waals surface area contributed by atoms with Crippen LogP contribution in [0.15, 0.2) is 48.8 Å². The van der Waals surface area contributed by atoms with E-state index in [4.69, 9.17) is 0 Å². The fourth-order valence-electron chi connectivity index (χ4n) is 2.48. The molecule has 0 unspecified atom stereocenters. The van der Waals surface area contributed by atoms with Gasteiger partial charge in [-0.25, -0.2) is 4.68 Å². The SMILES string of the molecule is Cc1ccc(C(=O)NCCNc2ccc(-n3cccn3)nn2)c(C)c1. The average molecular weight is 336 g/mol. The van der Waals surface area contributed by atoms with Crippen LogP contribution in [0.1, 0.15) is 21.5 Å². The Morgan fingerprint density at radius 1 is 1.12 bits per heavy atom. The number of amides is 1. The second-order valence-corrected chi connectivity index (χ2v) is 5.73. The van der Waals surface area contributed by atoms with Crippen molar-refractivity contribution < 1.29 is 4.79 Å². The minimum atomic E-state index is -0.0700. The van der Waals surface area contributed by atoms with Crippen LogP contribution in [-0.2, 0) is 0 Å². The summed E-state index contributed by atoms with van der Waals surface area (Å²) < 4.78 is 1.64. The van der Waals surface area contributed by atoms with Gasteiger partial charge in [-0.05, 0) is 43.7 Å². The molecule has 7 heteroatoms. The van der Waals surface area contributed by atoms with Crippen molar-refractivity contribution in [3.05, 3.63) is 65.5 Å². The zero-order valence-corrected chi connectivity index (χ0v) is 14.2. The van der Waals surface area contributed by atoms with Crippen LogP contribution >= 0.6 is 0 Å². The minimum Gasteiger partial charge on any atom is -0.367 e. The summed E-state index contributed by atoms with van der Waals surface area (Å²) in [6.07, 6.45) is 3.49. The Morgan fingerprint density at radius 2 is 2.00 bits per heavy atom. The van der Waals surface area contributed by atoms with Gasteiger partial charge in [0.1, 0.15) is 5.82 Å². The summed E-state index contributed by atoms with van der Waals surface area (Å²) >= 11 is 0. The first-order valence-electron chi connectivity index (χ1n) is 8.06. The maximum atomic E-state index is 12.2. The molecule has 0 bridgehead atoms. The number of aryl methyl sites for hydroxylation is 2. The molecule has 0 saturated carbocycles. The van der Waals surface area contributed by atoms with Crippen LogP contribution in [-0.4, -0.2) is 39.0 Å². The second kappa shape index (κ2) is 7.57. The van der Waals surface area contributed by atoms with Gasteiger partial charge in [-0.15, -0.1) is 10.2 Å². The third-order valence-corrected chi connectivity index (χ3v) is 3.73. The Balaban J connectivity index is 1.47. The molecule has 0 fully saturated rings. The Labute approximate surface area is 146 Å². The van der Waals surface area contributed by atoms with Crippen molar-refractivity contribution in [3.8, 4) is 5.82 Å². The van der Waals surface area contributed by atoms with Gasteiger partial charge in [0.2, 0.25) is 0 Å². The molecule has 1 aromatic carbocycles. The van der Waals surface area contributed by atoms with Gasteiger partial charge in [0.15, 0.2) is 5.82 Å². The Hall–Kier alpha value is -3.22. The molecule has 25 heavy (non-hydrogen) atoms. The van der Waals surface area contributed by atoms with Gasteiger partial charge in [0.25, 0.3) is 5.91 Å². The standard InChI is InChI=1S/C18H20N6O/c1-13-4-5-15(14(2)12-13)18(25)20-10-9-19-16-6-7-17(23-22-16)24-11-3-8-21-24/h3-8,11-12H,9-10H2,1-2H3,(H,19,22)(H,20,25). The summed E-state index contributed by atoms with van der Waals surface area (Å²) in [6.45, 7) is 5.01. The molecule has 0 saturated heterocycles. The molecule has 3 aromatic rings. The van der Waals surface area contributed by atoms with Crippen molar-refractivity contribution in [2.45, 2.75) is 13.8 Å². The van der Waals surface area contributed by atoms with E-state index in [2.05, 4.69) is 25.9 Å². The number of carbonyl (C=O) groups is 1. The zero-order chi connectivity index (χ0) is 17.6. The molecular weight excluding hydrogens is 316 g/mol. The number of anilines is 1. The lowest BCUT2D eigenvalue weighted by atomic mass is 10.1. The number of carbonyl (C=O) groups excluding carboxylic acids is 1. The van der Waals surface area contributed by atoms with E-state index < -0.39 is 0 Å². The normalized spacial score (nSPS) is 10.5. The number of hydrogen-bond donors (Lipinski definition) is 2. The van der Waals surface area contributed by atoms with Crippen molar-refractivity contribution in [2.75, 3.05) is 18.4 Å². The lowest BCUT2D eigenvalue weighted by Crippen LogP contribution is -2.29. The van der Waals surface area contributed by atoms with Crippen molar-refractivity contribution in [1.29, 1.82) is 0 Å². The fraction of sp³-hybridized carbons (Fsp3) is 0.222. The second-order valence-electron chi connectivity index (χ2n) is 5.73. The number of benzene rings is 1. The van der Waals surface area contributed by atoms with Gasteiger partial charge in [-0.1, -0.05) is 17.7 Å². The number of aromatic nitrogens is 4. The largest absolute Gasteiger partial charge is 0.367 e. The van der Waals surface area contributed by atoms with Gasteiger partial charge in [-0.2, -0.15) is 5.10 Å². The van der Waals surface area contributed by atoms with Crippen molar-refractivity contribution in [2.24, 2.45) is 0 Å². The summed E-state index contributed by atoms with van der Waals surface area (Å²) in [6, 6.07) is 11.3. The Morgan fingerprint density at radius 3 is 2.68 bits per heavy atom. The predicted octanol–water partition coefficient (Wildman–Crippen LogP) is 2.12. The summed E-state index contributed by atoms with van der Waals surface area (Å²) in [5.41, 5.74) is 2.83. The van der Waals surface area contributed by atoms with Crippen molar-refractivity contribution >= 4 is 11.7 Å². The molecule has 1 amide bonds. The molecule has 0 aliphatic rings. The van der Waals surface area contributed by atoms with Crippen molar-refractivity contribution in [1.82, 2.24) is 25.3 Å². The predicted molar refractivity (Wildman–Crippen MR) is 95.9 cm³/mol. The highest BCUT2D eigenvalue weighted by Gasteiger charge is 2.08. The first-order chi connectivity index (χ1) is 12.1. The summed E-state index contributed by atoms with van der Waals surface area (Å²) in [5, 5.41) is 18.3. The molecule has 2 N–H and O–H groups in total. The van der Waals surface area contributed by atoms with Crippen LogP contribution < -0.4 is 10.6 Å². The highest BCUT2D eigenvalue weighted by Crippen LogP contribution is 2.10. The number of hydrogen-bond acceptors (Lipinski definition) is 5. The summed E-state index contributed by atoms with van der Waals surface area (Å²) in [4.78, 5) is 12.2. The van der Waals surface area contributed by atoms with E-state index in [9.17, 15) is 4.79 Å². The summed E-state index contributed by atoms with van der Waals surface area (Å²) in [5.74, 6) is 1.23. The van der Waals surface area contributed by atoms with E-state index >= 15 is 0 Å². The Kier molecular flexibility index (Phi) is 5.03. The lowest BCUT2D eigenvalue weighted by molar-refractivity contribution is 0.0954. The molecular formula is C18H20N6O. The van der Waals surface area contributed by atoms with Gasteiger partial charge >= 0.3 is 0 Å². The number of nitrogens with zero attached hydrogens (tertiary/aromatic N) is 4. The van der Waals surface area contributed by atoms with Gasteiger partial charge in [0.05, 0.1) is 0 Å². The van der Waals surface area contributed by atoms with Gasteiger partial charge in [-0.3, -0.25) is 4.79 Å². The fourth-order valence-corrected chi connectivity index (χ4v) is 2.48. The molecule has 0 aliphatic heterocycles. The molecule has 0 aliphatic carbocycles. The molecule has 128 valence electrons. The monoisotopic (exact) mass is 336 g/mol. The highest BCUT2D eigenvalue weighted by molar-refractivity contribution is 5.95. The highest BCUT2D eigenvalue weighted by atomic mass is 16.1. The van der Waals surface area contributed by atoms with Crippen molar-refractivity contribution in [3.63, 3.8) is 0 Å². The average Bonchev–Trinajstić information content (AvgIpc) is 3.13. The maximum Gasteiger partial charge on any atom is 0.251 e. The van der Waals surface area contributed by atoms with Crippen LogP contribution in [0.2, 0.25) is 0 Å². The van der Waals surface area contributed by atoms with Gasteiger partial charge < -0.3 is 10.6 Å². The third kappa shape index (κ3) is 4.20. The first kappa shape index (κ1) is 16.6. The lowest BCUT2D eigenvalue weighted by Gasteiger charge is -2.09. The van der Waals surface area contributed by atoms with Gasteiger partial charge in [0, 0.05) is 31.0 Å². The maximum absolute atomic E-state index is 12.2. The van der Waals surface area contributed by atoms with E-state index in [0.29, 0.717) is 30.3 Å². The van der Waals surface area contributed by atoms with Crippen LogP contribution in [0, 0.1) is 13.8 Å². The number of rotatable bonds is 6. The summed E-state index contributed by atoms with van der Waals surface area (Å²) in [7, 11) is 0. The van der Waals surface area contributed by atoms with E-state index in [1.807, 2.05) is 50.2 Å². The molecule has 0 atom stereocenters. The van der Waals surface area contributed by atoms with E-state index in [0.717, 1.165) is 11.1 Å². The minimum absolute atomic E-state index is 0.0700. The van der Waals surface area contributed by atoms with E-state index in [1.54, 1.807) is 17.1 Å². The molecule has 7 nitrogen and oxygen atoms in total. The van der Waals surface area contributed by atoms with Crippen LogP contribution in [0.5, 0.6) is 0 Å². The first-order valence-corrected chi connectivity index (χ1v) is 8.06. The third-order valence-electron chi connectivity index (χ3n) is 3.73. The molecule has 2 heterocycles. The topological polar surface area (TPSA) is 84.7 Å². The van der Waals surface area contributed by atoms with Crippen LogP contribution in [0.3, 0.4) is 0 Å². The van der Waals surface area contributed by atoms with Crippen LogP contribution in [0.25, 0.3) is 5.82 Å². The zero-order valence-electron chi connectivity index (χ0n) is 14.2. The molecule has 0 spiro atoms. The molecule has 2 aromatic heterocycles.